The van der Waals surface area contributed by atoms with Crippen molar-refractivity contribution in [1.29, 1.82) is 0 Å². The summed E-state index contributed by atoms with van der Waals surface area (Å²) in [4.78, 5) is 8.69. The summed E-state index contributed by atoms with van der Waals surface area (Å²) in [5.74, 6) is -0.874. The van der Waals surface area contributed by atoms with Gasteiger partial charge in [-0.25, -0.2) is 0 Å². The fourth-order valence-electron chi connectivity index (χ4n) is 4.64. The molecule has 0 N–H and O–H groups in total. The second kappa shape index (κ2) is 12.9. The molecule has 4 aromatic carbocycles. The third-order valence-corrected chi connectivity index (χ3v) is 6.74. The Morgan fingerprint density at radius 2 is 1.59 bits per heavy atom. The number of aromatic nitrogens is 2. The van der Waals surface area contributed by atoms with Gasteiger partial charge in [-0.1, -0.05) is 84.6 Å². The van der Waals surface area contributed by atoms with Gasteiger partial charge in [0.1, 0.15) is 5.58 Å². The number of para-hydroxylation sites is 1. The van der Waals surface area contributed by atoms with Crippen LogP contribution in [-0.2, 0) is 20.1 Å². The van der Waals surface area contributed by atoms with Crippen molar-refractivity contribution in [2.24, 2.45) is 0 Å². The van der Waals surface area contributed by atoms with Crippen LogP contribution in [0.3, 0.4) is 0 Å². The van der Waals surface area contributed by atoms with Crippen LogP contribution in [0.2, 0.25) is 0 Å². The van der Waals surface area contributed by atoms with Crippen molar-refractivity contribution < 1.29 is 30.0 Å². The first-order chi connectivity index (χ1) is 21.2. The maximum Gasteiger partial charge on any atom is 0.120 e. The SMILES string of the molecule is [2H]C(C)(c1ccccc1)c1ccnc(-c2[c-]ccc3c2oc2ccccc23)c1.[2H]C([2H])([2H])c1ccc(-c2[c-]cccc2)nc1.[Ir]. The maximum atomic E-state index is 8.96. The number of rotatable bonds is 4. The number of benzene rings is 4. The molecule has 0 aliphatic carbocycles. The average molecular weight is 713 g/mol. The predicted molar refractivity (Wildman–Crippen MR) is 163 cm³/mol. The van der Waals surface area contributed by atoms with Gasteiger partial charge >= 0.3 is 0 Å². The van der Waals surface area contributed by atoms with Gasteiger partial charge in [0.05, 0.1) is 5.58 Å². The van der Waals surface area contributed by atoms with Crippen LogP contribution in [0.1, 0.15) is 35.0 Å². The minimum Gasteiger partial charge on any atom is -0.501 e. The van der Waals surface area contributed by atoms with Crippen LogP contribution in [0.25, 0.3) is 44.5 Å². The summed E-state index contributed by atoms with van der Waals surface area (Å²) < 4.78 is 36.8. The molecular formula is C37H28IrN2O-2. The summed E-state index contributed by atoms with van der Waals surface area (Å²) in [6.45, 7) is -0.182. The van der Waals surface area contributed by atoms with Gasteiger partial charge in [0.15, 0.2) is 0 Å². The zero-order valence-corrected chi connectivity index (χ0v) is 24.7. The van der Waals surface area contributed by atoms with Gasteiger partial charge in [0.25, 0.3) is 0 Å². The molecule has 1 unspecified atom stereocenters. The summed E-state index contributed by atoms with van der Waals surface area (Å²) >= 11 is 0. The Hall–Kier alpha value is -4.37. The first-order valence-electron chi connectivity index (χ1n) is 15.0. The van der Waals surface area contributed by atoms with Crippen LogP contribution in [0, 0.1) is 19.0 Å². The van der Waals surface area contributed by atoms with Crippen LogP contribution >= 0.6 is 0 Å². The standard InChI is InChI=1S/C25H18NO.C12H10N.Ir/c1-17(18-8-3-2-4-9-18)19-14-15-26-23(16-19)22-12-7-11-21-20-10-5-6-13-24(20)27-25(21)22;1-10-7-8-12(13-9-10)11-5-3-2-4-6-11;/h2-11,13-17H,1H3;2-5,7-9H,1H3;/q2*-1;/i17D;1D3;. The fourth-order valence-corrected chi connectivity index (χ4v) is 4.64. The van der Waals surface area contributed by atoms with Crippen LogP contribution < -0.4 is 0 Å². The van der Waals surface area contributed by atoms with Gasteiger partial charge in [0, 0.05) is 49.3 Å². The van der Waals surface area contributed by atoms with E-state index < -0.39 is 12.7 Å². The quantitative estimate of drug-likeness (QED) is 0.171. The van der Waals surface area contributed by atoms with Crippen molar-refractivity contribution in [2.75, 3.05) is 0 Å². The van der Waals surface area contributed by atoms with E-state index in [0.717, 1.165) is 55.6 Å². The van der Waals surface area contributed by atoms with Gasteiger partial charge in [-0.15, -0.1) is 54.1 Å². The molecule has 0 bridgehead atoms. The molecule has 203 valence electrons. The average Bonchev–Trinajstić information content (AvgIpc) is 3.45. The maximum absolute atomic E-state index is 8.96. The van der Waals surface area contributed by atoms with E-state index in [4.69, 9.17) is 9.90 Å². The molecule has 7 aromatic rings. The number of fused-ring (bicyclic) bond motifs is 3. The molecule has 3 nitrogen and oxygen atoms in total. The van der Waals surface area contributed by atoms with Crippen molar-refractivity contribution in [3.05, 3.63) is 156 Å². The van der Waals surface area contributed by atoms with Gasteiger partial charge in [0.2, 0.25) is 0 Å². The number of hydrogen-bond donors (Lipinski definition) is 0. The van der Waals surface area contributed by atoms with Crippen molar-refractivity contribution >= 4 is 21.9 Å². The Kier molecular flexibility index (Phi) is 7.33. The summed E-state index contributed by atoms with van der Waals surface area (Å²) in [5, 5.41) is 2.13. The smallest absolute Gasteiger partial charge is 0.120 e. The Labute approximate surface area is 259 Å². The summed E-state index contributed by atoms with van der Waals surface area (Å²) in [5.41, 5.74) is 6.88. The number of pyridine rings is 2. The van der Waals surface area contributed by atoms with Crippen LogP contribution in [-0.4, -0.2) is 9.97 Å². The van der Waals surface area contributed by atoms with Gasteiger partial charge in [-0.2, -0.15) is 0 Å². The molecule has 4 heteroatoms. The number of hydrogen-bond acceptors (Lipinski definition) is 3. The van der Waals surface area contributed by atoms with E-state index in [1.807, 2.05) is 97.9 Å². The summed E-state index contributed by atoms with van der Waals surface area (Å²) in [7, 11) is 0. The monoisotopic (exact) mass is 713 g/mol. The van der Waals surface area contributed by atoms with E-state index in [1.165, 1.54) is 6.20 Å². The summed E-state index contributed by atoms with van der Waals surface area (Å²) in [6.07, 6.45) is 3.15. The third-order valence-electron chi connectivity index (χ3n) is 6.74. The zero-order valence-electron chi connectivity index (χ0n) is 26.3. The van der Waals surface area contributed by atoms with Crippen molar-refractivity contribution in [2.45, 2.75) is 19.7 Å². The molecule has 0 aliphatic rings. The molecule has 0 spiro atoms. The van der Waals surface area contributed by atoms with Gasteiger partial charge in [-0.05, 0) is 47.1 Å². The van der Waals surface area contributed by atoms with Crippen LogP contribution in [0.15, 0.2) is 132 Å². The van der Waals surface area contributed by atoms with E-state index in [-0.39, 0.29) is 25.7 Å². The molecule has 41 heavy (non-hydrogen) atoms. The molecule has 3 aromatic heterocycles. The minimum absolute atomic E-state index is 0. The van der Waals surface area contributed by atoms with Crippen LogP contribution in [0.4, 0.5) is 0 Å². The van der Waals surface area contributed by atoms with Crippen LogP contribution in [0.5, 0.6) is 0 Å². The molecule has 1 radical (unpaired) electrons. The first kappa shape index (κ1) is 23.3. The summed E-state index contributed by atoms with van der Waals surface area (Å²) in [6, 6.07) is 42.8. The van der Waals surface area contributed by atoms with Crippen molar-refractivity contribution in [3.8, 4) is 22.5 Å². The minimum atomic E-state index is -2.09. The van der Waals surface area contributed by atoms with E-state index in [0.29, 0.717) is 0 Å². The first-order valence-corrected chi connectivity index (χ1v) is 13.0. The van der Waals surface area contributed by atoms with Gasteiger partial charge < -0.3 is 14.4 Å². The fraction of sp³-hybridized carbons (Fsp3) is 0.0811. The van der Waals surface area contributed by atoms with Crippen molar-refractivity contribution in [1.82, 2.24) is 9.97 Å². The normalized spacial score (nSPS) is 13.9. The van der Waals surface area contributed by atoms with E-state index in [1.54, 1.807) is 24.4 Å². The van der Waals surface area contributed by atoms with E-state index in [2.05, 4.69) is 28.2 Å². The molecular weight excluding hydrogens is 681 g/mol. The van der Waals surface area contributed by atoms with E-state index in [9.17, 15) is 0 Å². The number of nitrogens with zero attached hydrogens (tertiary/aromatic N) is 2. The Balaban J connectivity index is 0.000000202. The van der Waals surface area contributed by atoms with Gasteiger partial charge in [-0.3, -0.25) is 0 Å². The largest absolute Gasteiger partial charge is 0.501 e. The number of aryl methyl sites for hydroxylation is 1. The Morgan fingerprint density at radius 3 is 2.37 bits per heavy atom. The molecule has 1 atom stereocenters. The molecule has 0 amide bonds. The topological polar surface area (TPSA) is 38.9 Å². The predicted octanol–water partition coefficient (Wildman–Crippen LogP) is 9.45. The molecule has 0 fully saturated rings. The second-order valence-corrected chi connectivity index (χ2v) is 9.32. The van der Waals surface area contributed by atoms with E-state index >= 15 is 0 Å². The molecule has 0 aliphatic heterocycles. The second-order valence-electron chi connectivity index (χ2n) is 9.32. The molecule has 0 saturated heterocycles. The van der Waals surface area contributed by atoms with Crippen molar-refractivity contribution in [3.63, 3.8) is 0 Å². The number of furan rings is 1. The molecule has 3 heterocycles. The zero-order chi connectivity index (χ0) is 30.7. The molecule has 7 rings (SSSR count). The molecule has 0 saturated carbocycles. The third kappa shape index (κ3) is 6.20. The Morgan fingerprint density at radius 1 is 0.756 bits per heavy atom. The Bertz CT molecular complexity index is 2020.